The molecule has 28 heavy (non-hydrogen) atoms. The lowest BCUT2D eigenvalue weighted by Crippen LogP contribution is -2.47. The molecule has 0 unspecified atom stereocenters. The van der Waals surface area contributed by atoms with Crippen molar-refractivity contribution in [3.63, 3.8) is 0 Å². The summed E-state index contributed by atoms with van der Waals surface area (Å²) >= 11 is 0. The molecule has 0 N–H and O–H groups in total. The van der Waals surface area contributed by atoms with Crippen LogP contribution < -0.4 is 9.80 Å². The van der Waals surface area contributed by atoms with Crippen LogP contribution in [0.2, 0.25) is 0 Å². The number of rotatable bonds is 5. The van der Waals surface area contributed by atoms with Crippen molar-refractivity contribution in [1.29, 1.82) is 0 Å². The van der Waals surface area contributed by atoms with E-state index in [0.717, 1.165) is 43.5 Å². The highest BCUT2D eigenvalue weighted by atomic mass is 16.4. The maximum absolute atomic E-state index is 5.93. The summed E-state index contributed by atoms with van der Waals surface area (Å²) in [5.41, 5.74) is 0.943. The normalized spacial score (nSPS) is 16.2. The summed E-state index contributed by atoms with van der Waals surface area (Å²) in [5.74, 6) is 2.92. The van der Waals surface area contributed by atoms with Crippen molar-refractivity contribution in [2.24, 2.45) is 0 Å². The summed E-state index contributed by atoms with van der Waals surface area (Å²) < 4.78 is 5.93. The standard InChI is InChI=1S/C20H25N7O/c1-15(18-23-24-19(28-18)16-7-5-4-6-8-16)26-11-13-27(14-12-26)17-9-10-21-20(22-17)25(2)3/h4-10,15H,11-14H2,1-3H3/t15-/m0/s1. The highest BCUT2D eigenvalue weighted by Gasteiger charge is 2.26. The molecule has 1 atom stereocenters. The molecule has 3 heterocycles. The van der Waals surface area contributed by atoms with Crippen LogP contribution in [0.5, 0.6) is 0 Å². The first kappa shape index (κ1) is 18.4. The van der Waals surface area contributed by atoms with Crippen molar-refractivity contribution in [1.82, 2.24) is 25.1 Å². The molecule has 0 saturated carbocycles. The Hall–Kier alpha value is -3.00. The molecule has 0 aliphatic carbocycles. The van der Waals surface area contributed by atoms with Gasteiger partial charge in [-0.3, -0.25) is 4.90 Å². The largest absolute Gasteiger partial charge is 0.419 e. The molecule has 1 saturated heterocycles. The van der Waals surface area contributed by atoms with Crippen LogP contribution in [-0.4, -0.2) is 65.3 Å². The molecule has 3 aromatic rings. The number of hydrogen-bond acceptors (Lipinski definition) is 8. The fraction of sp³-hybridized carbons (Fsp3) is 0.400. The molecular weight excluding hydrogens is 354 g/mol. The van der Waals surface area contributed by atoms with Gasteiger partial charge in [-0.05, 0) is 25.1 Å². The summed E-state index contributed by atoms with van der Waals surface area (Å²) in [4.78, 5) is 15.5. The minimum absolute atomic E-state index is 0.0786. The summed E-state index contributed by atoms with van der Waals surface area (Å²) in [6.07, 6.45) is 1.82. The van der Waals surface area contributed by atoms with Gasteiger partial charge in [0.2, 0.25) is 17.7 Å². The van der Waals surface area contributed by atoms with E-state index in [-0.39, 0.29) is 6.04 Å². The zero-order chi connectivity index (χ0) is 19.5. The summed E-state index contributed by atoms with van der Waals surface area (Å²) in [6, 6.07) is 11.9. The lowest BCUT2D eigenvalue weighted by Gasteiger charge is -2.37. The monoisotopic (exact) mass is 379 g/mol. The lowest BCUT2D eigenvalue weighted by molar-refractivity contribution is 0.173. The molecule has 8 nitrogen and oxygen atoms in total. The molecule has 1 aliphatic heterocycles. The predicted molar refractivity (Wildman–Crippen MR) is 108 cm³/mol. The Labute approximate surface area is 164 Å². The van der Waals surface area contributed by atoms with Gasteiger partial charge in [0.05, 0.1) is 6.04 Å². The minimum Gasteiger partial charge on any atom is -0.419 e. The quantitative estimate of drug-likeness (QED) is 0.669. The van der Waals surface area contributed by atoms with Gasteiger partial charge >= 0.3 is 0 Å². The van der Waals surface area contributed by atoms with Gasteiger partial charge in [-0.2, -0.15) is 4.98 Å². The van der Waals surface area contributed by atoms with Crippen molar-refractivity contribution >= 4 is 11.8 Å². The van der Waals surface area contributed by atoms with E-state index in [0.29, 0.717) is 11.8 Å². The van der Waals surface area contributed by atoms with Crippen molar-refractivity contribution in [3.8, 4) is 11.5 Å². The van der Waals surface area contributed by atoms with Crippen LogP contribution >= 0.6 is 0 Å². The van der Waals surface area contributed by atoms with E-state index in [1.807, 2.05) is 61.6 Å². The second-order valence-electron chi connectivity index (χ2n) is 7.12. The molecule has 0 amide bonds. The van der Waals surface area contributed by atoms with Gasteiger partial charge in [-0.15, -0.1) is 10.2 Å². The molecule has 8 heteroatoms. The van der Waals surface area contributed by atoms with Gasteiger partial charge in [-0.25, -0.2) is 4.98 Å². The Morgan fingerprint density at radius 1 is 1.00 bits per heavy atom. The predicted octanol–water partition coefficient (Wildman–Crippen LogP) is 2.48. The van der Waals surface area contributed by atoms with Crippen LogP contribution in [0.4, 0.5) is 11.8 Å². The Kier molecular flexibility index (Phi) is 5.21. The number of piperazine rings is 1. The Morgan fingerprint density at radius 2 is 1.75 bits per heavy atom. The van der Waals surface area contributed by atoms with Crippen molar-refractivity contribution < 1.29 is 4.42 Å². The Balaban J connectivity index is 1.40. The van der Waals surface area contributed by atoms with E-state index in [9.17, 15) is 0 Å². The third kappa shape index (κ3) is 3.82. The maximum atomic E-state index is 5.93. The minimum atomic E-state index is 0.0786. The number of anilines is 2. The fourth-order valence-electron chi connectivity index (χ4n) is 3.33. The van der Waals surface area contributed by atoms with E-state index >= 15 is 0 Å². The SMILES string of the molecule is C[C@@H](c1nnc(-c2ccccc2)o1)N1CCN(c2ccnc(N(C)C)n2)CC1. The van der Waals surface area contributed by atoms with Gasteiger partial charge in [0.1, 0.15) is 5.82 Å². The highest BCUT2D eigenvalue weighted by Crippen LogP contribution is 2.25. The van der Waals surface area contributed by atoms with E-state index < -0.39 is 0 Å². The molecule has 2 aromatic heterocycles. The Morgan fingerprint density at radius 3 is 2.46 bits per heavy atom. The topological polar surface area (TPSA) is 74.4 Å². The van der Waals surface area contributed by atoms with Crippen LogP contribution in [0, 0.1) is 0 Å². The van der Waals surface area contributed by atoms with Crippen LogP contribution in [0.15, 0.2) is 47.0 Å². The molecule has 0 spiro atoms. The van der Waals surface area contributed by atoms with Crippen LogP contribution in [-0.2, 0) is 0 Å². The lowest BCUT2D eigenvalue weighted by atomic mass is 10.2. The number of hydrogen-bond donors (Lipinski definition) is 0. The average Bonchev–Trinajstić information content (AvgIpc) is 3.24. The maximum Gasteiger partial charge on any atom is 0.247 e. The molecule has 1 fully saturated rings. The summed E-state index contributed by atoms with van der Waals surface area (Å²) in [6.45, 7) is 5.73. The van der Waals surface area contributed by atoms with E-state index in [4.69, 9.17) is 4.42 Å². The van der Waals surface area contributed by atoms with Crippen LogP contribution in [0.3, 0.4) is 0 Å². The number of nitrogens with zero attached hydrogens (tertiary/aromatic N) is 7. The molecule has 4 rings (SSSR count). The average molecular weight is 379 g/mol. The van der Waals surface area contributed by atoms with Gasteiger partial charge in [0.15, 0.2) is 0 Å². The van der Waals surface area contributed by atoms with Gasteiger partial charge < -0.3 is 14.2 Å². The molecular formula is C20H25N7O. The third-order valence-electron chi connectivity index (χ3n) is 5.03. The molecule has 146 valence electrons. The first-order valence-corrected chi connectivity index (χ1v) is 9.50. The van der Waals surface area contributed by atoms with E-state index in [1.54, 1.807) is 0 Å². The third-order valence-corrected chi connectivity index (χ3v) is 5.03. The van der Waals surface area contributed by atoms with Crippen LogP contribution in [0.25, 0.3) is 11.5 Å². The summed E-state index contributed by atoms with van der Waals surface area (Å²) in [7, 11) is 3.90. The number of aromatic nitrogens is 4. The van der Waals surface area contributed by atoms with E-state index in [2.05, 4.69) is 36.9 Å². The molecule has 0 bridgehead atoms. The smallest absolute Gasteiger partial charge is 0.247 e. The van der Waals surface area contributed by atoms with Crippen molar-refractivity contribution in [2.75, 3.05) is 50.1 Å². The first-order valence-electron chi connectivity index (χ1n) is 9.50. The number of benzene rings is 1. The second kappa shape index (κ2) is 7.93. The van der Waals surface area contributed by atoms with Gasteiger partial charge in [-0.1, -0.05) is 18.2 Å². The highest BCUT2D eigenvalue weighted by molar-refractivity contribution is 5.51. The molecule has 1 aromatic carbocycles. The van der Waals surface area contributed by atoms with Gasteiger partial charge in [0.25, 0.3) is 0 Å². The van der Waals surface area contributed by atoms with Gasteiger partial charge in [0, 0.05) is 52.0 Å². The molecule has 0 radical (unpaired) electrons. The Bertz CT molecular complexity index is 904. The zero-order valence-electron chi connectivity index (χ0n) is 16.5. The first-order chi connectivity index (χ1) is 13.6. The van der Waals surface area contributed by atoms with Crippen molar-refractivity contribution in [3.05, 3.63) is 48.5 Å². The summed E-state index contributed by atoms with van der Waals surface area (Å²) in [5, 5.41) is 8.49. The van der Waals surface area contributed by atoms with Crippen molar-refractivity contribution in [2.45, 2.75) is 13.0 Å². The second-order valence-corrected chi connectivity index (χ2v) is 7.12. The zero-order valence-corrected chi connectivity index (χ0v) is 16.5. The molecule has 1 aliphatic rings. The van der Waals surface area contributed by atoms with E-state index in [1.165, 1.54) is 0 Å². The van der Waals surface area contributed by atoms with Crippen LogP contribution in [0.1, 0.15) is 18.9 Å². The fourth-order valence-corrected chi connectivity index (χ4v) is 3.33.